The first-order valence-electron chi connectivity index (χ1n) is 4.99. The molecule has 0 aromatic rings. The lowest BCUT2D eigenvalue weighted by atomic mass is 10.1. The first-order chi connectivity index (χ1) is 6.56. The molecule has 0 amide bonds. The zero-order valence-electron chi connectivity index (χ0n) is 8.70. The van der Waals surface area contributed by atoms with E-state index in [1.54, 1.807) is 7.11 Å². The highest BCUT2D eigenvalue weighted by atomic mass is 32.2. The van der Waals surface area contributed by atoms with Gasteiger partial charge in [-0.2, -0.15) is 0 Å². The smallest absolute Gasteiger partial charge is 0.0945 e. The molecule has 0 radical (unpaired) electrons. The topological polar surface area (TPSA) is 66.4 Å². The lowest BCUT2D eigenvalue weighted by molar-refractivity contribution is 0.192. The second-order valence-corrected chi connectivity index (χ2v) is 4.90. The monoisotopic (exact) mass is 223 g/mol. The molecule has 0 saturated heterocycles. The van der Waals surface area contributed by atoms with Gasteiger partial charge in [0.05, 0.1) is 10.1 Å². The summed E-state index contributed by atoms with van der Waals surface area (Å²) in [6.45, 7) is 0.787. The van der Waals surface area contributed by atoms with E-state index in [4.69, 9.17) is 4.74 Å². The summed E-state index contributed by atoms with van der Waals surface area (Å²) in [5.41, 5.74) is 0. The van der Waals surface area contributed by atoms with E-state index in [2.05, 4.69) is 0 Å². The minimum atomic E-state index is -4.00. The van der Waals surface area contributed by atoms with E-state index in [1.807, 2.05) is 0 Å². The van der Waals surface area contributed by atoms with E-state index < -0.39 is 10.1 Å². The summed E-state index contributed by atoms with van der Waals surface area (Å²) in [5, 5.41) is 0. The summed E-state index contributed by atoms with van der Waals surface area (Å²) in [4.78, 5) is 0. The average Bonchev–Trinajstić information content (AvgIpc) is 2.08. The first-order valence-corrected chi connectivity index (χ1v) is 6.56. The van der Waals surface area contributed by atoms with Gasteiger partial charge in [0.15, 0.2) is 0 Å². The van der Waals surface area contributed by atoms with Crippen LogP contribution >= 0.6 is 0 Å². The standard InChI is InChI=1S/C9H20O4S/c1-13-8-6-4-2-3-5-7-9-14(10,11)12/h2-9H2,1H3,(H,10,11,12)/p-1. The van der Waals surface area contributed by atoms with Crippen LogP contribution in [-0.4, -0.2) is 32.4 Å². The molecule has 4 nitrogen and oxygen atoms in total. The van der Waals surface area contributed by atoms with E-state index in [1.165, 1.54) is 0 Å². The Morgan fingerprint density at radius 1 is 1.00 bits per heavy atom. The molecule has 0 N–H and O–H groups in total. The van der Waals surface area contributed by atoms with Gasteiger partial charge in [-0.25, -0.2) is 8.42 Å². The van der Waals surface area contributed by atoms with Gasteiger partial charge in [-0.15, -0.1) is 0 Å². The molecular weight excluding hydrogens is 204 g/mol. The van der Waals surface area contributed by atoms with Crippen LogP contribution in [0.4, 0.5) is 0 Å². The van der Waals surface area contributed by atoms with Gasteiger partial charge in [-0.1, -0.05) is 25.7 Å². The maximum absolute atomic E-state index is 10.2. The Kier molecular flexibility index (Phi) is 8.12. The van der Waals surface area contributed by atoms with Crippen molar-refractivity contribution in [2.45, 2.75) is 38.5 Å². The minimum Gasteiger partial charge on any atom is -0.748 e. The second-order valence-electron chi connectivity index (χ2n) is 3.38. The largest absolute Gasteiger partial charge is 0.748 e. The maximum atomic E-state index is 10.2. The number of rotatable bonds is 9. The fourth-order valence-corrected chi connectivity index (χ4v) is 1.79. The van der Waals surface area contributed by atoms with Crippen molar-refractivity contribution in [2.24, 2.45) is 0 Å². The van der Waals surface area contributed by atoms with Crippen molar-refractivity contribution in [2.75, 3.05) is 19.5 Å². The molecule has 0 aliphatic heterocycles. The Labute approximate surface area is 86.4 Å². The fourth-order valence-electron chi connectivity index (χ4n) is 1.23. The van der Waals surface area contributed by atoms with E-state index in [-0.39, 0.29) is 5.75 Å². The van der Waals surface area contributed by atoms with E-state index >= 15 is 0 Å². The van der Waals surface area contributed by atoms with Gasteiger partial charge in [0, 0.05) is 19.5 Å². The van der Waals surface area contributed by atoms with Crippen molar-refractivity contribution in [1.29, 1.82) is 0 Å². The van der Waals surface area contributed by atoms with Crippen molar-refractivity contribution in [3.8, 4) is 0 Å². The first kappa shape index (κ1) is 13.9. The molecule has 0 unspecified atom stereocenters. The van der Waals surface area contributed by atoms with Gasteiger partial charge in [-0.3, -0.25) is 0 Å². The van der Waals surface area contributed by atoms with Crippen LogP contribution in [0.2, 0.25) is 0 Å². The number of hydrogen-bond donors (Lipinski definition) is 0. The van der Waals surface area contributed by atoms with Gasteiger partial charge in [-0.05, 0) is 12.8 Å². The Morgan fingerprint density at radius 2 is 1.50 bits per heavy atom. The lowest BCUT2D eigenvalue weighted by Gasteiger charge is -2.05. The molecule has 0 spiro atoms. The van der Waals surface area contributed by atoms with Crippen molar-refractivity contribution in [1.82, 2.24) is 0 Å². The highest BCUT2D eigenvalue weighted by molar-refractivity contribution is 7.85. The van der Waals surface area contributed by atoms with E-state index in [0.29, 0.717) is 6.42 Å². The molecule has 0 bridgehead atoms. The number of ether oxygens (including phenoxy) is 1. The fraction of sp³-hybridized carbons (Fsp3) is 1.00. The third-order valence-electron chi connectivity index (χ3n) is 1.99. The molecule has 0 fully saturated rings. The summed E-state index contributed by atoms with van der Waals surface area (Å²) in [6.07, 6.45) is 5.57. The zero-order valence-corrected chi connectivity index (χ0v) is 9.51. The molecule has 5 heteroatoms. The number of unbranched alkanes of at least 4 members (excludes halogenated alkanes) is 5. The lowest BCUT2D eigenvalue weighted by Crippen LogP contribution is -2.03. The average molecular weight is 223 g/mol. The molecule has 0 saturated carbocycles. The Balaban J connectivity index is 3.07. The highest BCUT2D eigenvalue weighted by Gasteiger charge is 1.95. The van der Waals surface area contributed by atoms with Crippen molar-refractivity contribution in [3.63, 3.8) is 0 Å². The van der Waals surface area contributed by atoms with Crippen LogP contribution in [0.1, 0.15) is 38.5 Å². The van der Waals surface area contributed by atoms with Gasteiger partial charge in [0.1, 0.15) is 0 Å². The molecule has 0 aliphatic rings. The van der Waals surface area contributed by atoms with Gasteiger partial charge < -0.3 is 9.29 Å². The Morgan fingerprint density at radius 3 is 2.00 bits per heavy atom. The van der Waals surface area contributed by atoms with Crippen LogP contribution in [0, 0.1) is 0 Å². The molecule has 86 valence electrons. The third kappa shape index (κ3) is 11.9. The van der Waals surface area contributed by atoms with Crippen LogP contribution < -0.4 is 0 Å². The molecule has 0 heterocycles. The summed E-state index contributed by atoms with van der Waals surface area (Å²) >= 11 is 0. The summed E-state index contributed by atoms with van der Waals surface area (Å²) < 4.78 is 35.6. The second kappa shape index (κ2) is 8.20. The molecule has 0 rings (SSSR count). The van der Waals surface area contributed by atoms with Gasteiger partial charge >= 0.3 is 0 Å². The van der Waals surface area contributed by atoms with Crippen LogP contribution in [0.15, 0.2) is 0 Å². The third-order valence-corrected chi connectivity index (χ3v) is 2.78. The Hall–Kier alpha value is -0.130. The molecular formula is C9H19O4S-. The quantitative estimate of drug-likeness (QED) is 0.439. The summed E-state index contributed by atoms with van der Waals surface area (Å²) in [6, 6.07) is 0. The predicted octanol–water partition coefficient (Wildman–Crippen LogP) is 1.52. The van der Waals surface area contributed by atoms with Crippen molar-refractivity contribution >= 4 is 10.1 Å². The number of hydrogen-bond acceptors (Lipinski definition) is 4. The van der Waals surface area contributed by atoms with Crippen molar-refractivity contribution < 1.29 is 17.7 Å². The number of methoxy groups -OCH3 is 1. The van der Waals surface area contributed by atoms with Gasteiger partial charge in [0.25, 0.3) is 0 Å². The van der Waals surface area contributed by atoms with Crippen LogP contribution in [0.3, 0.4) is 0 Å². The zero-order chi connectivity index (χ0) is 10.9. The molecule has 0 aliphatic carbocycles. The maximum Gasteiger partial charge on any atom is 0.0945 e. The summed E-state index contributed by atoms with van der Waals surface area (Å²) in [7, 11) is -2.32. The van der Waals surface area contributed by atoms with Crippen LogP contribution in [-0.2, 0) is 14.9 Å². The molecule has 0 aromatic heterocycles. The molecule has 0 aromatic carbocycles. The van der Waals surface area contributed by atoms with Crippen LogP contribution in [0.25, 0.3) is 0 Å². The molecule has 14 heavy (non-hydrogen) atoms. The summed E-state index contributed by atoms with van der Waals surface area (Å²) in [5.74, 6) is -0.217. The minimum absolute atomic E-state index is 0.217. The predicted molar refractivity (Wildman–Crippen MR) is 54.1 cm³/mol. The normalized spacial score (nSPS) is 11.9. The Bertz CT molecular complexity index is 211. The molecule has 0 atom stereocenters. The van der Waals surface area contributed by atoms with E-state index in [9.17, 15) is 13.0 Å². The van der Waals surface area contributed by atoms with Crippen LogP contribution in [0.5, 0.6) is 0 Å². The van der Waals surface area contributed by atoms with Crippen molar-refractivity contribution in [3.05, 3.63) is 0 Å². The highest BCUT2D eigenvalue weighted by Crippen LogP contribution is 2.06. The van der Waals surface area contributed by atoms with E-state index in [0.717, 1.165) is 38.7 Å². The SMILES string of the molecule is COCCCCCCCCS(=O)(=O)[O-]. The van der Waals surface area contributed by atoms with Gasteiger partial charge in [0.2, 0.25) is 0 Å².